The molecule has 0 saturated heterocycles. The Morgan fingerprint density at radius 1 is 1.26 bits per heavy atom. The molecule has 1 atom stereocenters. The summed E-state index contributed by atoms with van der Waals surface area (Å²) in [5.74, 6) is 0.728. The molecule has 19 heavy (non-hydrogen) atoms. The van der Waals surface area contributed by atoms with Gasteiger partial charge in [0.05, 0.1) is 0 Å². The van der Waals surface area contributed by atoms with Gasteiger partial charge >= 0.3 is 0 Å². The molecule has 1 unspecified atom stereocenters. The van der Waals surface area contributed by atoms with Gasteiger partial charge in [0, 0.05) is 6.04 Å². The van der Waals surface area contributed by atoms with Crippen LogP contribution in [-0.4, -0.2) is 18.6 Å². The van der Waals surface area contributed by atoms with Crippen molar-refractivity contribution in [3.8, 4) is 5.75 Å². The van der Waals surface area contributed by atoms with E-state index in [9.17, 15) is 4.79 Å². The molecule has 0 aromatic heterocycles. The van der Waals surface area contributed by atoms with Gasteiger partial charge in [0.15, 0.2) is 6.61 Å². The van der Waals surface area contributed by atoms with E-state index in [4.69, 9.17) is 4.74 Å². The Morgan fingerprint density at radius 3 is 2.26 bits per heavy atom. The number of nitrogens with one attached hydrogen (secondary N) is 1. The Kier molecular flexibility index (Phi) is 4.98. The summed E-state index contributed by atoms with van der Waals surface area (Å²) >= 11 is 0. The van der Waals surface area contributed by atoms with Crippen molar-refractivity contribution in [3.05, 3.63) is 29.3 Å². The largest absolute Gasteiger partial charge is 0.483 e. The van der Waals surface area contributed by atoms with Crippen LogP contribution >= 0.6 is 0 Å². The minimum absolute atomic E-state index is 0.0498. The lowest BCUT2D eigenvalue weighted by molar-refractivity contribution is -0.124. The van der Waals surface area contributed by atoms with Gasteiger partial charge in [0.2, 0.25) is 0 Å². The monoisotopic (exact) mass is 263 g/mol. The maximum Gasteiger partial charge on any atom is 0.258 e. The summed E-state index contributed by atoms with van der Waals surface area (Å²) in [5, 5.41) is 2.97. The number of benzene rings is 1. The highest BCUT2D eigenvalue weighted by atomic mass is 16.5. The predicted octanol–water partition coefficient (Wildman–Crippen LogP) is 3.23. The number of hydrogen-bond acceptors (Lipinski definition) is 2. The first kappa shape index (κ1) is 15.5. The lowest BCUT2D eigenvalue weighted by Crippen LogP contribution is -2.43. The third-order valence-electron chi connectivity index (χ3n) is 3.43. The van der Waals surface area contributed by atoms with Crippen LogP contribution in [0.2, 0.25) is 0 Å². The van der Waals surface area contributed by atoms with Gasteiger partial charge in [-0.2, -0.15) is 0 Å². The molecule has 1 aromatic carbocycles. The van der Waals surface area contributed by atoms with E-state index >= 15 is 0 Å². The number of aryl methyl sites for hydroxylation is 2. The van der Waals surface area contributed by atoms with Crippen LogP contribution in [0.1, 0.15) is 38.8 Å². The smallest absolute Gasteiger partial charge is 0.258 e. The first-order valence-electron chi connectivity index (χ1n) is 6.70. The van der Waals surface area contributed by atoms with Crippen LogP contribution in [0.25, 0.3) is 0 Å². The normalized spacial score (nSPS) is 12.9. The second-order valence-corrected chi connectivity index (χ2v) is 6.16. The van der Waals surface area contributed by atoms with Crippen LogP contribution in [0.4, 0.5) is 0 Å². The van der Waals surface area contributed by atoms with Crippen molar-refractivity contribution in [2.75, 3.05) is 6.61 Å². The van der Waals surface area contributed by atoms with Crippen LogP contribution in [0.3, 0.4) is 0 Å². The maximum absolute atomic E-state index is 11.9. The quantitative estimate of drug-likeness (QED) is 0.905. The molecule has 1 aromatic rings. The molecule has 0 radical (unpaired) electrons. The number of hydrogen-bond donors (Lipinski definition) is 1. The molecule has 1 rings (SSSR count). The first-order chi connectivity index (χ1) is 8.71. The molecule has 106 valence electrons. The highest BCUT2D eigenvalue weighted by molar-refractivity contribution is 5.78. The zero-order valence-corrected chi connectivity index (χ0v) is 12.8. The van der Waals surface area contributed by atoms with E-state index in [2.05, 4.69) is 26.1 Å². The predicted molar refractivity (Wildman–Crippen MR) is 78.5 cm³/mol. The van der Waals surface area contributed by atoms with Gasteiger partial charge in [0.25, 0.3) is 5.91 Å². The summed E-state index contributed by atoms with van der Waals surface area (Å²) in [4.78, 5) is 11.9. The highest BCUT2D eigenvalue weighted by Gasteiger charge is 2.21. The van der Waals surface area contributed by atoms with Crippen molar-refractivity contribution >= 4 is 5.91 Å². The van der Waals surface area contributed by atoms with E-state index in [0.29, 0.717) is 0 Å². The molecule has 3 heteroatoms. The SMILES string of the molecule is Cc1cccc(C)c1OCC(=O)NC(C)C(C)(C)C. The number of para-hydroxylation sites is 1. The molecule has 0 aliphatic heterocycles. The molecule has 1 N–H and O–H groups in total. The number of carbonyl (C=O) groups excluding carboxylic acids is 1. The topological polar surface area (TPSA) is 38.3 Å². The van der Waals surface area contributed by atoms with Crippen molar-refractivity contribution in [3.63, 3.8) is 0 Å². The van der Waals surface area contributed by atoms with E-state index in [1.54, 1.807) is 0 Å². The number of carbonyl (C=O) groups is 1. The molecule has 1 amide bonds. The van der Waals surface area contributed by atoms with Gasteiger partial charge in [-0.05, 0) is 37.3 Å². The van der Waals surface area contributed by atoms with Crippen LogP contribution < -0.4 is 10.1 Å². The Morgan fingerprint density at radius 2 is 1.79 bits per heavy atom. The van der Waals surface area contributed by atoms with E-state index in [1.807, 2.05) is 39.0 Å². The van der Waals surface area contributed by atoms with Crippen LogP contribution in [0, 0.1) is 19.3 Å². The van der Waals surface area contributed by atoms with Crippen molar-refractivity contribution in [1.82, 2.24) is 5.32 Å². The van der Waals surface area contributed by atoms with Gasteiger partial charge < -0.3 is 10.1 Å². The minimum Gasteiger partial charge on any atom is -0.483 e. The summed E-state index contributed by atoms with van der Waals surface area (Å²) < 4.78 is 5.63. The molecular formula is C16H25NO2. The average Bonchev–Trinajstić information content (AvgIpc) is 2.27. The molecule has 0 aliphatic carbocycles. The number of rotatable bonds is 4. The Bertz CT molecular complexity index is 426. The number of ether oxygens (including phenoxy) is 1. The second kappa shape index (κ2) is 6.09. The van der Waals surface area contributed by atoms with E-state index in [1.165, 1.54) is 0 Å². The van der Waals surface area contributed by atoms with Gasteiger partial charge in [-0.15, -0.1) is 0 Å². The molecule has 0 saturated carbocycles. The van der Waals surface area contributed by atoms with Crippen molar-refractivity contribution in [2.45, 2.75) is 47.6 Å². The van der Waals surface area contributed by atoms with Crippen LogP contribution in [0.15, 0.2) is 18.2 Å². The average molecular weight is 263 g/mol. The molecule has 0 spiro atoms. The molecular weight excluding hydrogens is 238 g/mol. The summed E-state index contributed by atoms with van der Waals surface area (Å²) in [5.41, 5.74) is 2.15. The molecule has 0 bridgehead atoms. The van der Waals surface area contributed by atoms with Gasteiger partial charge in [-0.25, -0.2) is 0 Å². The third kappa shape index (κ3) is 4.58. The second-order valence-electron chi connectivity index (χ2n) is 6.16. The van der Waals surface area contributed by atoms with Gasteiger partial charge in [0.1, 0.15) is 5.75 Å². The van der Waals surface area contributed by atoms with Gasteiger partial charge in [-0.3, -0.25) is 4.79 Å². The first-order valence-corrected chi connectivity index (χ1v) is 6.70. The zero-order valence-electron chi connectivity index (χ0n) is 12.8. The molecule has 0 aliphatic rings. The van der Waals surface area contributed by atoms with Gasteiger partial charge in [-0.1, -0.05) is 39.0 Å². The highest BCUT2D eigenvalue weighted by Crippen LogP contribution is 2.22. The standard InChI is InChI=1S/C16H25NO2/c1-11-8-7-9-12(2)15(11)19-10-14(18)17-13(3)16(4,5)6/h7-9,13H,10H2,1-6H3,(H,17,18). The Labute approximate surface area is 116 Å². The van der Waals surface area contributed by atoms with Crippen molar-refractivity contribution in [2.24, 2.45) is 5.41 Å². The lowest BCUT2D eigenvalue weighted by atomic mass is 9.88. The van der Waals surface area contributed by atoms with Crippen molar-refractivity contribution in [1.29, 1.82) is 0 Å². The third-order valence-corrected chi connectivity index (χ3v) is 3.43. The fourth-order valence-corrected chi connectivity index (χ4v) is 1.66. The Hall–Kier alpha value is -1.51. The lowest BCUT2D eigenvalue weighted by Gasteiger charge is -2.28. The Balaban J connectivity index is 2.56. The molecule has 0 fully saturated rings. The van der Waals surface area contributed by atoms with E-state index in [-0.39, 0.29) is 24.0 Å². The van der Waals surface area contributed by atoms with E-state index in [0.717, 1.165) is 16.9 Å². The molecule has 3 nitrogen and oxygen atoms in total. The summed E-state index contributed by atoms with van der Waals surface area (Å²) in [6.45, 7) is 12.3. The fraction of sp³-hybridized carbons (Fsp3) is 0.562. The number of amides is 1. The fourth-order valence-electron chi connectivity index (χ4n) is 1.66. The minimum atomic E-state index is -0.0786. The maximum atomic E-state index is 11.9. The van der Waals surface area contributed by atoms with Crippen molar-refractivity contribution < 1.29 is 9.53 Å². The summed E-state index contributed by atoms with van der Waals surface area (Å²) in [6, 6.07) is 6.07. The molecule has 0 heterocycles. The zero-order chi connectivity index (χ0) is 14.6. The van der Waals surface area contributed by atoms with E-state index < -0.39 is 0 Å². The summed E-state index contributed by atoms with van der Waals surface area (Å²) in [6.07, 6.45) is 0. The van der Waals surface area contributed by atoms with Crippen LogP contribution in [0.5, 0.6) is 5.75 Å². The van der Waals surface area contributed by atoms with Crippen LogP contribution in [-0.2, 0) is 4.79 Å². The summed E-state index contributed by atoms with van der Waals surface area (Å²) in [7, 11) is 0.